The highest BCUT2D eigenvalue weighted by molar-refractivity contribution is 5.94. The van der Waals surface area contributed by atoms with Crippen LogP contribution in [0.2, 0.25) is 0 Å². The van der Waals surface area contributed by atoms with Crippen molar-refractivity contribution in [3.63, 3.8) is 0 Å². The van der Waals surface area contributed by atoms with Gasteiger partial charge >= 0.3 is 0 Å². The third-order valence-corrected chi connectivity index (χ3v) is 4.60. The molecule has 0 unspecified atom stereocenters. The fourth-order valence-electron chi connectivity index (χ4n) is 3.30. The van der Waals surface area contributed by atoms with Gasteiger partial charge in [-0.25, -0.2) is 0 Å². The molecule has 2 aliphatic rings. The van der Waals surface area contributed by atoms with Crippen LogP contribution in [0.25, 0.3) is 0 Å². The zero-order valence-corrected chi connectivity index (χ0v) is 13.1. The zero-order chi connectivity index (χ0) is 15.2. The van der Waals surface area contributed by atoms with E-state index in [2.05, 4.69) is 10.6 Å². The van der Waals surface area contributed by atoms with Gasteiger partial charge < -0.3 is 15.4 Å². The van der Waals surface area contributed by atoms with E-state index >= 15 is 0 Å². The molecule has 3 rings (SSSR count). The van der Waals surface area contributed by atoms with Gasteiger partial charge in [-0.15, -0.1) is 0 Å². The van der Waals surface area contributed by atoms with Crippen molar-refractivity contribution in [2.24, 2.45) is 0 Å². The molecule has 4 heteroatoms. The van der Waals surface area contributed by atoms with Crippen molar-refractivity contribution in [3.05, 3.63) is 29.8 Å². The summed E-state index contributed by atoms with van der Waals surface area (Å²) in [7, 11) is 0. The minimum absolute atomic E-state index is 0.0120. The third kappa shape index (κ3) is 4.23. The van der Waals surface area contributed by atoms with Gasteiger partial charge in [0.15, 0.2) is 0 Å². The monoisotopic (exact) mass is 302 g/mol. The minimum atomic E-state index is 0.0120. The molecule has 1 aromatic carbocycles. The molecule has 1 saturated heterocycles. The Morgan fingerprint density at radius 1 is 1.05 bits per heavy atom. The van der Waals surface area contributed by atoms with Crippen molar-refractivity contribution >= 4 is 5.91 Å². The Morgan fingerprint density at radius 2 is 1.82 bits per heavy atom. The molecule has 1 atom stereocenters. The lowest BCUT2D eigenvalue weighted by molar-refractivity contribution is 0.0930. The van der Waals surface area contributed by atoms with Crippen LogP contribution in [0.1, 0.15) is 55.3 Å². The number of amides is 1. The van der Waals surface area contributed by atoms with E-state index in [4.69, 9.17) is 4.74 Å². The van der Waals surface area contributed by atoms with Crippen molar-refractivity contribution in [1.82, 2.24) is 10.6 Å². The Kier molecular flexibility index (Phi) is 5.33. The van der Waals surface area contributed by atoms with Crippen molar-refractivity contribution < 1.29 is 9.53 Å². The molecule has 1 aromatic rings. The molecule has 1 heterocycles. The highest BCUT2D eigenvalue weighted by Crippen LogP contribution is 2.23. The first-order valence-corrected chi connectivity index (χ1v) is 8.59. The molecule has 1 amide bonds. The van der Waals surface area contributed by atoms with E-state index in [0.29, 0.717) is 11.7 Å². The zero-order valence-electron chi connectivity index (χ0n) is 13.1. The normalized spacial score (nSPS) is 23.0. The van der Waals surface area contributed by atoms with Crippen LogP contribution < -0.4 is 15.4 Å². The Hall–Kier alpha value is -1.55. The molecule has 0 spiro atoms. The molecule has 2 N–H and O–H groups in total. The quantitative estimate of drug-likeness (QED) is 0.899. The molecular formula is C18H26N2O2. The molecule has 0 aromatic heterocycles. The number of nitrogens with one attached hydrogen (secondary N) is 2. The van der Waals surface area contributed by atoms with Gasteiger partial charge in [-0.05, 0) is 69.3 Å². The van der Waals surface area contributed by atoms with Crippen molar-refractivity contribution in [3.8, 4) is 5.75 Å². The van der Waals surface area contributed by atoms with E-state index < -0.39 is 0 Å². The average Bonchev–Trinajstić information content (AvgIpc) is 2.57. The van der Waals surface area contributed by atoms with Crippen LogP contribution in [0.3, 0.4) is 0 Å². The largest absolute Gasteiger partial charge is 0.490 e. The first kappa shape index (κ1) is 15.3. The molecule has 22 heavy (non-hydrogen) atoms. The molecular weight excluding hydrogens is 276 g/mol. The fourth-order valence-corrected chi connectivity index (χ4v) is 3.30. The lowest BCUT2D eigenvalue weighted by Crippen LogP contribution is -2.45. The van der Waals surface area contributed by atoms with Crippen LogP contribution in [0.15, 0.2) is 24.3 Å². The number of rotatable bonds is 4. The van der Waals surface area contributed by atoms with E-state index in [9.17, 15) is 4.79 Å². The summed E-state index contributed by atoms with van der Waals surface area (Å²) in [6, 6.07) is 7.82. The molecule has 1 aliphatic carbocycles. The van der Waals surface area contributed by atoms with Gasteiger partial charge in [-0.2, -0.15) is 0 Å². The van der Waals surface area contributed by atoms with Gasteiger partial charge in [0.25, 0.3) is 5.91 Å². The Bertz CT molecular complexity index is 474. The van der Waals surface area contributed by atoms with E-state index in [0.717, 1.165) is 44.5 Å². The standard InChI is InChI=1S/C18H26N2O2/c21-18(20-15-5-4-12-19-13-15)14-8-10-17(11-9-14)22-16-6-2-1-3-7-16/h8-11,15-16,19H,1-7,12-13H2,(H,20,21)/t15-/m0/s1. The number of hydrogen-bond acceptors (Lipinski definition) is 3. The minimum Gasteiger partial charge on any atom is -0.490 e. The van der Waals surface area contributed by atoms with E-state index in [-0.39, 0.29) is 11.9 Å². The predicted octanol–water partition coefficient (Wildman–Crippen LogP) is 2.88. The Morgan fingerprint density at radius 3 is 2.50 bits per heavy atom. The fraction of sp³-hybridized carbons (Fsp3) is 0.611. The number of benzene rings is 1. The van der Waals surface area contributed by atoms with Crippen LogP contribution in [-0.2, 0) is 0 Å². The second-order valence-electron chi connectivity index (χ2n) is 6.42. The predicted molar refractivity (Wildman–Crippen MR) is 87.3 cm³/mol. The average molecular weight is 302 g/mol. The highest BCUT2D eigenvalue weighted by atomic mass is 16.5. The van der Waals surface area contributed by atoms with Crippen LogP contribution in [0, 0.1) is 0 Å². The van der Waals surface area contributed by atoms with E-state index in [1.54, 1.807) is 0 Å². The van der Waals surface area contributed by atoms with Crippen LogP contribution in [0.4, 0.5) is 0 Å². The van der Waals surface area contributed by atoms with Gasteiger partial charge in [0.05, 0.1) is 6.10 Å². The van der Waals surface area contributed by atoms with Gasteiger partial charge in [-0.3, -0.25) is 4.79 Å². The SMILES string of the molecule is O=C(N[C@H]1CCCNC1)c1ccc(OC2CCCCC2)cc1. The lowest BCUT2D eigenvalue weighted by atomic mass is 9.98. The number of carbonyl (C=O) groups excluding carboxylic acids is 1. The number of piperidine rings is 1. The molecule has 1 aliphatic heterocycles. The first-order valence-electron chi connectivity index (χ1n) is 8.59. The molecule has 0 bridgehead atoms. The molecule has 120 valence electrons. The topological polar surface area (TPSA) is 50.4 Å². The summed E-state index contributed by atoms with van der Waals surface area (Å²) in [4.78, 5) is 12.2. The van der Waals surface area contributed by atoms with Crippen molar-refractivity contribution in [2.45, 2.75) is 57.1 Å². The maximum Gasteiger partial charge on any atom is 0.251 e. The second-order valence-corrected chi connectivity index (χ2v) is 6.42. The van der Waals surface area contributed by atoms with Crippen molar-refractivity contribution in [1.29, 1.82) is 0 Å². The maximum atomic E-state index is 12.2. The summed E-state index contributed by atoms with van der Waals surface area (Å²) in [5.41, 5.74) is 0.710. The summed E-state index contributed by atoms with van der Waals surface area (Å²) in [5.74, 6) is 0.890. The summed E-state index contributed by atoms with van der Waals surface area (Å²) in [6.07, 6.45) is 8.69. The summed E-state index contributed by atoms with van der Waals surface area (Å²) < 4.78 is 6.00. The molecule has 4 nitrogen and oxygen atoms in total. The van der Waals surface area contributed by atoms with Crippen LogP contribution >= 0.6 is 0 Å². The van der Waals surface area contributed by atoms with Gasteiger partial charge in [0, 0.05) is 18.2 Å². The first-order chi connectivity index (χ1) is 10.8. The van der Waals surface area contributed by atoms with E-state index in [1.165, 1.54) is 19.3 Å². The summed E-state index contributed by atoms with van der Waals surface area (Å²) >= 11 is 0. The lowest BCUT2D eigenvalue weighted by Gasteiger charge is -2.24. The number of hydrogen-bond donors (Lipinski definition) is 2. The second kappa shape index (κ2) is 7.63. The van der Waals surface area contributed by atoms with Gasteiger partial charge in [0.1, 0.15) is 5.75 Å². The van der Waals surface area contributed by atoms with Crippen LogP contribution in [0.5, 0.6) is 5.75 Å². The Balaban J connectivity index is 1.52. The molecule has 0 radical (unpaired) electrons. The molecule has 2 fully saturated rings. The summed E-state index contributed by atoms with van der Waals surface area (Å²) in [5, 5.41) is 6.41. The molecule has 1 saturated carbocycles. The third-order valence-electron chi connectivity index (χ3n) is 4.60. The van der Waals surface area contributed by atoms with Gasteiger partial charge in [-0.1, -0.05) is 6.42 Å². The van der Waals surface area contributed by atoms with Crippen LogP contribution in [-0.4, -0.2) is 31.1 Å². The maximum absolute atomic E-state index is 12.2. The smallest absolute Gasteiger partial charge is 0.251 e. The summed E-state index contributed by atoms with van der Waals surface area (Å²) in [6.45, 7) is 1.92. The number of ether oxygens (including phenoxy) is 1. The highest BCUT2D eigenvalue weighted by Gasteiger charge is 2.17. The number of carbonyl (C=O) groups is 1. The van der Waals surface area contributed by atoms with Gasteiger partial charge in [0.2, 0.25) is 0 Å². The Labute approximate surface area is 132 Å². The van der Waals surface area contributed by atoms with E-state index in [1.807, 2.05) is 24.3 Å². The van der Waals surface area contributed by atoms with Crippen molar-refractivity contribution in [2.75, 3.05) is 13.1 Å².